The van der Waals surface area contributed by atoms with Crippen LogP contribution in [0.2, 0.25) is 0 Å². The molecule has 0 bridgehead atoms. The Bertz CT molecular complexity index is 113. The highest BCUT2D eigenvalue weighted by molar-refractivity contribution is 4.79. The van der Waals surface area contributed by atoms with E-state index >= 15 is 0 Å². The Balaban J connectivity index is 2.00. The lowest BCUT2D eigenvalue weighted by molar-refractivity contribution is 0.153. The molecule has 1 rings (SSSR count). The number of rotatable bonds is 5. The molecule has 0 radical (unpaired) electrons. The average molecular weight is 168 g/mol. The van der Waals surface area contributed by atoms with Crippen molar-refractivity contribution >= 4 is 0 Å². The normalized spacial score (nSPS) is 29.0. The molecule has 0 aromatic carbocycles. The van der Waals surface area contributed by atoms with Crippen LogP contribution in [-0.4, -0.2) is 0 Å². The van der Waals surface area contributed by atoms with Gasteiger partial charge in [0.05, 0.1) is 0 Å². The van der Waals surface area contributed by atoms with Crippen molar-refractivity contribution in [2.24, 2.45) is 17.8 Å². The zero-order valence-electron chi connectivity index (χ0n) is 8.97. The second-order valence-corrected chi connectivity index (χ2v) is 4.83. The standard InChI is InChI=1S/C12H24/c1-4-11-8-9-12(11)7-5-6-10(2)3/h10-12H,4-9H2,1-3H3. The van der Waals surface area contributed by atoms with Gasteiger partial charge in [-0.05, 0) is 30.6 Å². The third kappa shape index (κ3) is 2.80. The van der Waals surface area contributed by atoms with Gasteiger partial charge in [-0.2, -0.15) is 0 Å². The van der Waals surface area contributed by atoms with E-state index in [1.165, 1.54) is 38.5 Å². The summed E-state index contributed by atoms with van der Waals surface area (Å²) < 4.78 is 0. The summed E-state index contributed by atoms with van der Waals surface area (Å²) in [6.07, 6.45) is 8.88. The summed E-state index contributed by atoms with van der Waals surface area (Å²) in [5.74, 6) is 3.11. The van der Waals surface area contributed by atoms with E-state index in [9.17, 15) is 0 Å². The van der Waals surface area contributed by atoms with Gasteiger partial charge >= 0.3 is 0 Å². The minimum Gasteiger partial charge on any atom is -0.0651 e. The number of hydrogen-bond acceptors (Lipinski definition) is 0. The summed E-state index contributed by atoms with van der Waals surface area (Å²) in [5, 5.41) is 0. The van der Waals surface area contributed by atoms with Gasteiger partial charge in [-0.25, -0.2) is 0 Å². The van der Waals surface area contributed by atoms with Crippen LogP contribution >= 0.6 is 0 Å². The molecule has 0 heteroatoms. The Morgan fingerprint density at radius 3 is 2.25 bits per heavy atom. The van der Waals surface area contributed by atoms with Gasteiger partial charge in [0.1, 0.15) is 0 Å². The maximum absolute atomic E-state index is 2.35. The zero-order chi connectivity index (χ0) is 8.97. The average Bonchev–Trinajstić information content (AvgIpc) is 1.96. The summed E-state index contributed by atoms with van der Waals surface area (Å²) in [6.45, 7) is 7.01. The molecule has 0 amide bonds. The van der Waals surface area contributed by atoms with Gasteiger partial charge in [-0.3, -0.25) is 0 Å². The van der Waals surface area contributed by atoms with Crippen molar-refractivity contribution < 1.29 is 0 Å². The molecular formula is C12H24. The minimum absolute atomic E-state index is 0.908. The molecule has 12 heavy (non-hydrogen) atoms. The van der Waals surface area contributed by atoms with Crippen molar-refractivity contribution in [1.29, 1.82) is 0 Å². The summed E-state index contributed by atoms with van der Waals surface area (Å²) in [4.78, 5) is 0. The SMILES string of the molecule is CCC1CCC1CCCC(C)C. The van der Waals surface area contributed by atoms with Gasteiger partial charge in [-0.15, -0.1) is 0 Å². The molecule has 1 aliphatic rings. The summed E-state index contributed by atoms with van der Waals surface area (Å²) in [6, 6.07) is 0. The first kappa shape index (κ1) is 10.1. The fourth-order valence-electron chi connectivity index (χ4n) is 2.34. The Kier molecular flexibility index (Phi) is 4.11. The first-order chi connectivity index (χ1) is 5.74. The zero-order valence-corrected chi connectivity index (χ0v) is 8.97. The molecule has 72 valence electrons. The Morgan fingerprint density at radius 2 is 1.83 bits per heavy atom. The van der Waals surface area contributed by atoms with Crippen LogP contribution in [0.4, 0.5) is 0 Å². The second-order valence-electron chi connectivity index (χ2n) is 4.83. The van der Waals surface area contributed by atoms with Crippen LogP contribution in [0.3, 0.4) is 0 Å². The number of hydrogen-bond donors (Lipinski definition) is 0. The molecule has 0 nitrogen and oxygen atoms in total. The van der Waals surface area contributed by atoms with Crippen molar-refractivity contribution in [3.8, 4) is 0 Å². The van der Waals surface area contributed by atoms with Crippen LogP contribution in [0.5, 0.6) is 0 Å². The van der Waals surface area contributed by atoms with Crippen molar-refractivity contribution in [3.63, 3.8) is 0 Å². The predicted molar refractivity (Wildman–Crippen MR) is 55.2 cm³/mol. The van der Waals surface area contributed by atoms with Crippen LogP contribution in [0.15, 0.2) is 0 Å². The topological polar surface area (TPSA) is 0 Å². The van der Waals surface area contributed by atoms with Crippen molar-refractivity contribution in [2.75, 3.05) is 0 Å². The third-order valence-corrected chi connectivity index (χ3v) is 3.46. The first-order valence-electron chi connectivity index (χ1n) is 5.74. The summed E-state index contributed by atoms with van der Waals surface area (Å²) in [5.41, 5.74) is 0. The molecule has 0 aromatic rings. The molecule has 1 aliphatic carbocycles. The highest BCUT2D eigenvalue weighted by Gasteiger charge is 2.28. The molecule has 1 fully saturated rings. The maximum atomic E-state index is 2.35. The van der Waals surface area contributed by atoms with Gasteiger partial charge in [0.2, 0.25) is 0 Å². The van der Waals surface area contributed by atoms with E-state index < -0.39 is 0 Å². The lowest BCUT2D eigenvalue weighted by Gasteiger charge is -2.36. The van der Waals surface area contributed by atoms with Crippen molar-refractivity contribution in [2.45, 2.75) is 59.3 Å². The quantitative estimate of drug-likeness (QED) is 0.575. The lowest BCUT2D eigenvalue weighted by Crippen LogP contribution is -2.24. The molecule has 0 aromatic heterocycles. The van der Waals surface area contributed by atoms with Crippen LogP contribution in [-0.2, 0) is 0 Å². The molecule has 0 spiro atoms. The molecule has 0 aliphatic heterocycles. The van der Waals surface area contributed by atoms with Gasteiger partial charge < -0.3 is 0 Å². The van der Waals surface area contributed by atoms with E-state index in [2.05, 4.69) is 20.8 Å². The van der Waals surface area contributed by atoms with Gasteiger partial charge in [-0.1, -0.05) is 46.5 Å². The first-order valence-corrected chi connectivity index (χ1v) is 5.74. The second kappa shape index (κ2) is 4.89. The van der Waals surface area contributed by atoms with E-state index in [-0.39, 0.29) is 0 Å². The van der Waals surface area contributed by atoms with Crippen molar-refractivity contribution in [1.82, 2.24) is 0 Å². The summed E-state index contributed by atoms with van der Waals surface area (Å²) in [7, 11) is 0. The molecule has 2 atom stereocenters. The predicted octanol–water partition coefficient (Wildman–Crippen LogP) is 4.25. The van der Waals surface area contributed by atoms with Crippen LogP contribution in [0, 0.1) is 17.8 Å². The fraction of sp³-hybridized carbons (Fsp3) is 1.00. The van der Waals surface area contributed by atoms with E-state index in [1.807, 2.05) is 0 Å². The highest BCUT2D eigenvalue weighted by Crippen LogP contribution is 2.39. The Morgan fingerprint density at radius 1 is 1.17 bits per heavy atom. The highest BCUT2D eigenvalue weighted by atomic mass is 14.3. The van der Waals surface area contributed by atoms with Gasteiger partial charge in [0, 0.05) is 0 Å². The van der Waals surface area contributed by atoms with E-state index in [0.717, 1.165) is 17.8 Å². The molecule has 1 saturated carbocycles. The molecular weight excluding hydrogens is 144 g/mol. The smallest absolute Gasteiger partial charge is 0.0386 e. The largest absolute Gasteiger partial charge is 0.0651 e. The Labute approximate surface area is 77.7 Å². The van der Waals surface area contributed by atoms with Crippen LogP contribution < -0.4 is 0 Å². The van der Waals surface area contributed by atoms with Crippen molar-refractivity contribution in [3.05, 3.63) is 0 Å². The summed E-state index contributed by atoms with van der Waals surface area (Å²) >= 11 is 0. The molecule has 2 unspecified atom stereocenters. The minimum atomic E-state index is 0.908. The molecule has 0 heterocycles. The fourth-order valence-corrected chi connectivity index (χ4v) is 2.34. The van der Waals surface area contributed by atoms with Gasteiger partial charge in [0.25, 0.3) is 0 Å². The maximum Gasteiger partial charge on any atom is -0.0386 e. The van der Waals surface area contributed by atoms with E-state index in [4.69, 9.17) is 0 Å². The van der Waals surface area contributed by atoms with Crippen LogP contribution in [0.25, 0.3) is 0 Å². The van der Waals surface area contributed by atoms with Crippen LogP contribution in [0.1, 0.15) is 59.3 Å². The molecule has 0 N–H and O–H groups in total. The third-order valence-electron chi connectivity index (χ3n) is 3.46. The van der Waals surface area contributed by atoms with E-state index in [1.54, 1.807) is 0 Å². The monoisotopic (exact) mass is 168 g/mol. The Hall–Kier alpha value is 0. The van der Waals surface area contributed by atoms with E-state index in [0.29, 0.717) is 0 Å². The molecule has 0 saturated heterocycles. The van der Waals surface area contributed by atoms with Gasteiger partial charge in [0.15, 0.2) is 0 Å². The lowest BCUT2D eigenvalue weighted by atomic mass is 9.70.